The minimum Gasteiger partial charge on any atom is -0.391 e. The van der Waals surface area contributed by atoms with Gasteiger partial charge in [-0.2, -0.15) is 0 Å². The van der Waals surface area contributed by atoms with Gasteiger partial charge in [0.15, 0.2) is 0 Å². The van der Waals surface area contributed by atoms with Crippen LogP contribution in [-0.2, 0) is 9.53 Å². The third kappa shape index (κ3) is 6.66. The van der Waals surface area contributed by atoms with Crippen molar-refractivity contribution in [1.29, 1.82) is 0 Å². The second-order valence-electron chi connectivity index (χ2n) is 5.47. The van der Waals surface area contributed by atoms with Crippen molar-refractivity contribution in [3.8, 4) is 0 Å². The molecule has 0 aromatic carbocycles. The minimum absolute atomic E-state index is 0.211. The standard InChI is InChI=1S/C15H28N2O2S/c1-2-3-4-5-6-7-8-9-14(18)17-10-11-19-13(12-17)15(16)20/h13H,2-12H2,1H3,(H2,16,20). The topological polar surface area (TPSA) is 55.6 Å². The van der Waals surface area contributed by atoms with Gasteiger partial charge in [0.25, 0.3) is 0 Å². The number of rotatable bonds is 9. The van der Waals surface area contributed by atoms with Gasteiger partial charge in [0.05, 0.1) is 13.2 Å². The zero-order chi connectivity index (χ0) is 14.8. The average molecular weight is 300 g/mol. The summed E-state index contributed by atoms with van der Waals surface area (Å²) in [5.74, 6) is 0.211. The zero-order valence-electron chi connectivity index (χ0n) is 12.6. The van der Waals surface area contributed by atoms with E-state index in [1.807, 2.05) is 4.90 Å². The molecule has 0 spiro atoms. The molecule has 1 fully saturated rings. The number of carbonyl (C=O) groups is 1. The summed E-state index contributed by atoms with van der Waals surface area (Å²) in [5.41, 5.74) is 5.58. The highest BCUT2D eigenvalue weighted by molar-refractivity contribution is 7.80. The fourth-order valence-electron chi connectivity index (χ4n) is 2.44. The summed E-state index contributed by atoms with van der Waals surface area (Å²) < 4.78 is 5.44. The Morgan fingerprint density at radius 3 is 2.55 bits per heavy atom. The summed E-state index contributed by atoms with van der Waals surface area (Å²) in [4.78, 5) is 14.3. The molecule has 2 N–H and O–H groups in total. The number of amides is 1. The first-order valence-electron chi connectivity index (χ1n) is 7.83. The molecule has 1 saturated heterocycles. The van der Waals surface area contributed by atoms with Crippen LogP contribution in [0.3, 0.4) is 0 Å². The number of carbonyl (C=O) groups excluding carboxylic acids is 1. The minimum atomic E-state index is -0.267. The molecule has 1 unspecified atom stereocenters. The Kier molecular flexibility index (Phi) is 8.78. The number of nitrogens with zero attached hydrogens (tertiary/aromatic N) is 1. The molecule has 4 nitrogen and oxygen atoms in total. The molecule has 0 aromatic rings. The van der Waals surface area contributed by atoms with Gasteiger partial charge < -0.3 is 15.4 Å². The largest absolute Gasteiger partial charge is 0.391 e. The second-order valence-corrected chi connectivity index (χ2v) is 5.94. The third-order valence-corrected chi connectivity index (χ3v) is 3.99. The lowest BCUT2D eigenvalue weighted by Gasteiger charge is -2.32. The molecule has 1 aliphatic rings. The molecule has 0 aromatic heterocycles. The Morgan fingerprint density at radius 2 is 1.90 bits per heavy atom. The van der Waals surface area contributed by atoms with Gasteiger partial charge in [0, 0.05) is 13.0 Å². The van der Waals surface area contributed by atoms with Crippen molar-refractivity contribution in [2.45, 2.75) is 64.4 Å². The van der Waals surface area contributed by atoms with Gasteiger partial charge in [-0.25, -0.2) is 0 Å². The second kappa shape index (κ2) is 10.1. The van der Waals surface area contributed by atoms with Crippen molar-refractivity contribution in [3.63, 3.8) is 0 Å². The van der Waals surface area contributed by atoms with Gasteiger partial charge >= 0.3 is 0 Å². The molecule has 0 aliphatic carbocycles. The van der Waals surface area contributed by atoms with Crippen molar-refractivity contribution in [1.82, 2.24) is 4.90 Å². The Balaban J connectivity index is 2.11. The van der Waals surface area contributed by atoms with E-state index in [0.717, 1.165) is 12.8 Å². The number of nitrogens with two attached hydrogens (primary N) is 1. The van der Waals surface area contributed by atoms with Crippen molar-refractivity contribution in [3.05, 3.63) is 0 Å². The maximum Gasteiger partial charge on any atom is 0.222 e. The molecule has 1 atom stereocenters. The Bertz CT molecular complexity index is 310. The number of unbranched alkanes of at least 4 members (excludes halogenated alkanes) is 6. The lowest BCUT2D eigenvalue weighted by molar-refractivity contribution is -0.136. The van der Waals surface area contributed by atoms with E-state index in [-0.39, 0.29) is 12.0 Å². The monoisotopic (exact) mass is 300 g/mol. The highest BCUT2D eigenvalue weighted by atomic mass is 32.1. The van der Waals surface area contributed by atoms with Crippen LogP contribution in [0.4, 0.5) is 0 Å². The van der Waals surface area contributed by atoms with Gasteiger partial charge in [-0.1, -0.05) is 57.7 Å². The summed E-state index contributed by atoms with van der Waals surface area (Å²) in [6.45, 7) is 3.94. The van der Waals surface area contributed by atoms with Crippen molar-refractivity contribution in [2.24, 2.45) is 5.73 Å². The van der Waals surface area contributed by atoms with E-state index in [4.69, 9.17) is 22.7 Å². The lowest BCUT2D eigenvalue weighted by Crippen LogP contribution is -2.49. The molecule has 1 heterocycles. The quantitative estimate of drug-likeness (QED) is 0.525. The molecule has 1 amide bonds. The molecule has 5 heteroatoms. The van der Waals surface area contributed by atoms with E-state index < -0.39 is 0 Å². The van der Waals surface area contributed by atoms with Crippen molar-refractivity contribution < 1.29 is 9.53 Å². The maximum absolute atomic E-state index is 12.1. The Hall–Kier alpha value is -0.680. The van der Waals surface area contributed by atoms with Gasteiger partial charge in [-0.05, 0) is 6.42 Å². The van der Waals surface area contributed by atoms with Crippen molar-refractivity contribution >= 4 is 23.1 Å². The molecule has 1 rings (SSSR count). The maximum atomic E-state index is 12.1. The first-order chi connectivity index (χ1) is 9.65. The van der Waals surface area contributed by atoms with Crippen LogP contribution in [0.15, 0.2) is 0 Å². The highest BCUT2D eigenvalue weighted by Gasteiger charge is 2.25. The number of thiocarbonyl (C=S) groups is 1. The van der Waals surface area contributed by atoms with Crippen LogP contribution in [0.5, 0.6) is 0 Å². The molecule has 20 heavy (non-hydrogen) atoms. The van der Waals surface area contributed by atoms with Crippen LogP contribution in [0.1, 0.15) is 58.3 Å². The SMILES string of the molecule is CCCCCCCCCC(=O)N1CCOC(C(N)=S)C1. The van der Waals surface area contributed by atoms with Crippen LogP contribution in [-0.4, -0.2) is 41.6 Å². The smallest absolute Gasteiger partial charge is 0.222 e. The molecule has 1 aliphatic heterocycles. The highest BCUT2D eigenvalue weighted by Crippen LogP contribution is 2.12. The molecular weight excluding hydrogens is 272 g/mol. The summed E-state index contributed by atoms with van der Waals surface area (Å²) in [5, 5.41) is 0. The first kappa shape index (κ1) is 17.4. The average Bonchev–Trinajstić information content (AvgIpc) is 2.46. The third-order valence-electron chi connectivity index (χ3n) is 3.73. The fraction of sp³-hybridized carbons (Fsp3) is 0.867. The van der Waals surface area contributed by atoms with Crippen LogP contribution in [0.2, 0.25) is 0 Å². The summed E-state index contributed by atoms with van der Waals surface area (Å²) in [7, 11) is 0. The van der Waals surface area contributed by atoms with Crippen LogP contribution in [0.25, 0.3) is 0 Å². The number of hydrogen-bond donors (Lipinski definition) is 1. The number of hydrogen-bond acceptors (Lipinski definition) is 3. The van der Waals surface area contributed by atoms with E-state index in [0.29, 0.717) is 31.1 Å². The molecule has 116 valence electrons. The predicted molar refractivity (Wildman–Crippen MR) is 85.7 cm³/mol. The number of ether oxygens (including phenoxy) is 1. The van der Waals surface area contributed by atoms with Crippen LogP contribution < -0.4 is 5.73 Å². The van der Waals surface area contributed by atoms with E-state index in [9.17, 15) is 4.79 Å². The van der Waals surface area contributed by atoms with E-state index in [1.165, 1.54) is 32.1 Å². The predicted octanol–water partition coefficient (Wildman–Crippen LogP) is 2.64. The Labute approximate surface area is 128 Å². The Morgan fingerprint density at radius 1 is 1.25 bits per heavy atom. The van der Waals surface area contributed by atoms with Crippen molar-refractivity contribution in [2.75, 3.05) is 19.7 Å². The van der Waals surface area contributed by atoms with E-state index in [2.05, 4.69) is 6.92 Å². The molecule has 0 bridgehead atoms. The summed E-state index contributed by atoms with van der Waals surface area (Å²) in [6.07, 6.45) is 8.97. The van der Waals surface area contributed by atoms with Gasteiger partial charge in [0.1, 0.15) is 11.1 Å². The lowest BCUT2D eigenvalue weighted by atomic mass is 10.1. The van der Waals surface area contributed by atoms with Crippen LogP contribution in [0, 0.1) is 0 Å². The normalized spacial score (nSPS) is 19.1. The molecule has 0 saturated carbocycles. The van der Waals surface area contributed by atoms with Gasteiger partial charge in [-0.3, -0.25) is 4.79 Å². The van der Waals surface area contributed by atoms with E-state index in [1.54, 1.807) is 0 Å². The van der Waals surface area contributed by atoms with E-state index >= 15 is 0 Å². The van der Waals surface area contributed by atoms with Gasteiger partial charge in [0.2, 0.25) is 5.91 Å². The number of morpholine rings is 1. The molecular formula is C15H28N2O2S. The van der Waals surface area contributed by atoms with Crippen LogP contribution >= 0.6 is 12.2 Å². The fourth-order valence-corrected chi connectivity index (χ4v) is 2.58. The first-order valence-corrected chi connectivity index (χ1v) is 8.24. The summed E-state index contributed by atoms with van der Waals surface area (Å²) >= 11 is 4.93. The van der Waals surface area contributed by atoms with Gasteiger partial charge in [-0.15, -0.1) is 0 Å². The molecule has 0 radical (unpaired) electrons. The summed E-state index contributed by atoms with van der Waals surface area (Å²) in [6, 6.07) is 0. The zero-order valence-corrected chi connectivity index (χ0v) is 13.4.